The van der Waals surface area contributed by atoms with Gasteiger partial charge in [0.15, 0.2) is 0 Å². The fourth-order valence-corrected chi connectivity index (χ4v) is 5.49. The van der Waals surface area contributed by atoms with E-state index in [1.165, 1.54) is 53.5 Å². The summed E-state index contributed by atoms with van der Waals surface area (Å²) in [5, 5.41) is 0. The molecule has 1 aromatic heterocycles. The van der Waals surface area contributed by atoms with Crippen LogP contribution in [0.15, 0.2) is 73.1 Å². The summed E-state index contributed by atoms with van der Waals surface area (Å²) in [5.41, 5.74) is 2.65. The molecule has 1 aliphatic rings. The number of halogens is 2. The van der Waals surface area contributed by atoms with Gasteiger partial charge in [-0.05, 0) is 12.8 Å². The molecule has 0 aliphatic heterocycles. The van der Waals surface area contributed by atoms with Gasteiger partial charge < -0.3 is 0 Å². The van der Waals surface area contributed by atoms with Crippen molar-refractivity contribution in [2.45, 2.75) is 57.7 Å². The SMILES string of the molecule is IN(I)C1CCCCCC1.[Pt]=[c]1n(Cc2ccccc2)ccn1Cc1ccccc1. The average Bonchev–Trinajstić information content (AvgIpc) is 2.97. The molecule has 0 amide bonds. The zero-order chi connectivity index (χ0) is 21.2. The summed E-state index contributed by atoms with van der Waals surface area (Å²) in [4.78, 5) is 0. The van der Waals surface area contributed by atoms with Crippen molar-refractivity contribution >= 4 is 45.7 Å². The summed E-state index contributed by atoms with van der Waals surface area (Å²) in [7, 11) is 0. The van der Waals surface area contributed by atoms with E-state index in [1.54, 1.807) is 0 Å². The molecular weight excluding hydrogens is 779 g/mol. The van der Waals surface area contributed by atoms with Crippen molar-refractivity contribution in [2.75, 3.05) is 0 Å². The van der Waals surface area contributed by atoms with Crippen molar-refractivity contribution in [3.8, 4) is 0 Å². The van der Waals surface area contributed by atoms with Crippen molar-refractivity contribution in [3.05, 3.63) is 88.0 Å². The van der Waals surface area contributed by atoms with Crippen molar-refractivity contribution in [1.82, 2.24) is 10.5 Å². The van der Waals surface area contributed by atoms with Gasteiger partial charge in [0.1, 0.15) is 0 Å². The molecule has 4 rings (SSSR count). The van der Waals surface area contributed by atoms with Crippen LogP contribution in [0.25, 0.3) is 0 Å². The molecule has 0 radical (unpaired) electrons. The number of imidazole rings is 1. The first-order valence-corrected chi connectivity index (χ1v) is 13.6. The third-order valence-electron chi connectivity index (χ3n) is 5.36. The Labute approximate surface area is 219 Å². The van der Waals surface area contributed by atoms with Gasteiger partial charge in [0.05, 0.1) is 0 Å². The quantitative estimate of drug-likeness (QED) is 0.152. The van der Waals surface area contributed by atoms with Crippen molar-refractivity contribution in [2.24, 2.45) is 0 Å². The monoisotopic (exact) mass is 808 g/mol. The third-order valence-corrected chi connectivity index (χ3v) is 8.24. The molecular formula is C24H29I2N3Pt. The van der Waals surface area contributed by atoms with E-state index in [0.29, 0.717) is 0 Å². The molecule has 3 nitrogen and oxygen atoms in total. The fourth-order valence-electron chi connectivity index (χ4n) is 3.68. The number of nitrogens with zero attached hydrogens (tertiary/aromatic N) is 3. The van der Waals surface area contributed by atoms with Gasteiger partial charge in [-0.25, -0.2) is 0 Å². The molecule has 0 N–H and O–H groups in total. The molecule has 1 fully saturated rings. The van der Waals surface area contributed by atoms with E-state index >= 15 is 0 Å². The molecule has 1 aliphatic carbocycles. The first kappa shape index (κ1) is 24.4. The summed E-state index contributed by atoms with van der Waals surface area (Å²) in [6, 6.07) is 22.0. The summed E-state index contributed by atoms with van der Waals surface area (Å²) >= 11 is 7.20. The zero-order valence-electron chi connectivity index (χ0n) is 17.1. The zero-order valence-corrected chi connectivity index (χ0v) is 23.7. The third kappa shape index (κ3) is 8.03. The van der Waals surface area contributed by atoms with Crippen molar-refractivity contribution in [3.63, 3.8) is 0 Å². The van der Waals surface area contributed by atoms with Crippen molar-refractivity contribution < 1.29 is 19.4 Å². The minimum absolute atomic E-state index is 0.851. The van der Waals surface area contributed by atoms with Gasteiger partial charge >= 0.3 is 130 Å². The second-order valence-electron chi connectivity index (χ2n) is 7.67. The Morgan fingerprint density at radius 1 is 0.733 bits per heavy atom. The molecule has 0 spiro atoms. The molecule has 3 aromatic rings. The van der Waals surface area contributed by atoms with E-state index in [-0.39, 0.29) is 0 Å². The Morgan fingerprint density at radius 3 is 1.57 bits per heavy atom. The molecule has 2 aromatic carbocycles. The van der Waals surface area contributed by atoms with Crippen LogP contribution in [0, 0.1) is 3.80 Å². The molecule has 0 unspecified atom stereocenters. The molecule has 0 atom stereocenters. The topological polar surface area (TPSA) is 13.1 Å². The van der Waals surface area contributed by atoms with Gasteiger partial charge in [-0.15, -0.1) is 0 Å². The number of rotatable bonds is 5. The van der Waals surface area contributed by atoms with Crippen LogP contribution in [0.3, 0.4) is 0 Å². The maximum absolute atomic E-state index is 2.40. The van der Waals surface area contributed by atoms with Gasteiger partial charge in [0.25, 0.3) is 0 Å². The van der Waals surface area contributed by atoms with Crippen molar-refractivity contribution in [1.29, 1.82) is 0 Å². The Bertz CT molecular complexity index is 852. The fraction of sp³-hybridized carbons (Fsp3) is 0.375. The Kier molecular flexibility index (Phi) is 10.8. The number of hydrogen-bond acceptors (Lipinski definition) is 1. The van der Waals surface area contributed by atoms with Gasteiger partial charge in [0, 0.05) is 51.8 Å². The van der Waals surface area contributed by atoms with E-state index < -0.39 is 0 Å². The van der Waals surface area contributed by atoms with Gasteiger partial charge in [-0.1, -0.05) is 25.7 Å². The second-order valence-corrected chi connectivity index (χ2v) is 12.6. The summed E-state index contributed by atoms with van der Waals surface area (Å²) in [5.74, 6) is 0. The number of hydrogen-bond donors (Lipinski definition) is 0. The molecule has 0 bridgehead atoms. The van der Waals surface area contributed by atoms with E-state index in [4.69, 9.17) is 0 Å². The predicted octanol–water partition coefficient (Wildman–Crippen LogP) is 7.18. The number of aromatic nitrogens is 2. The van der Waals surface area contributed by atoms with Crippen LogP contribution in [0.1, 0.15) is 49.7 Å². The molecule has 1 heterocycles. The van der Waals surface area contributed by atoms with Crippen LogP contribution >= 0.6 is 45.7 Å². The maximum atomic E-state index is 2.40. The summed E-state index contributed by atoms with van der Waals surface area (Å²) in [6.45, 7) is 1.84. The van der Waals surface area contributed by atoms with Gasteiger partial charge in [0.2, 0.25) is 0 Å². The Morgan fingerprint density at radius 2 is 1.17 bits per heavy atom. The van der Waals surface area contributed by atoms with Crippen LogP contribution in [0.2, 0.25) is 0 Å². The van der Waals surface area contributed by atoms with Crippen LogP contribution in [0.5, 0.6) is 0 Å². The van der Waals surface area contributed by atoms with Crippen LogP contribution in [0.4, 0.5) is 0 Å². The van der Waals surface area contributed by atoms with E-state index in [1.807, 2.05) is 0 Å². The molecule has 1 saturated carbocycles. The first-order valence-electron chi connectivity index (χ1n) is 10.5. The predicted molar refractivity (Wildman–Crippen MR) is 138 cm³/mol. The molecule has 6 heteroatoms. The van der Waals surface area contributed by atoms with E-state index in [9.17, 15) is 0 Å². The van der Waals surface area contributed by atoms with Gasteiger partial charge in [-0.3, -0.25) is 0 Å². The van der Waals surface area contributed by atoms with Crippen LogP contribution < -0.4 is 0 Å². The summed E-state index contributed by atoms with van der Waals surface area (Å²) < 4.78 is 8.12. The number of benzene rings is 2. The standard InChI is InChI=1S/C17H16N2.C7H13I2N.Pt/c1-3-7-16(8-4-1)13-18-11-12-19(15-18)14-17-9-5-2-6-10-17;8-10(9)7-5-3-1-2-4-6-7;/h1-12H,13-14H2;7H,1-6H2;. The Hall–Kier alpha value is -0.242. The summed E-state index contributed by atoms with van der Waals surface area (Å²) in [6.07, 6.45) is 12.9. The normalized spacial score (nSPS) is 14.8. The minimum atomic E-state index is 0.851. The first-order chi connectivity index (χ1) is 14.6. The average molecular weight is 808 g/mol. The van der Waals surface area contributed by atoms with Gasteiger partial charge in [-0.2, -0.15) is 1.33 Å². The second kappa shape index (κ2) is 13.3. The Balaban J connectivity index is 0.000000216. The van der Waals surface area contributed by atoms with Crippen LogP contribution in [-0.2, 0) is 32.4 Å². The molecule has 164 valence electrons. The molecule has 0 saturated heterocycles. The van der Waals surface area contributed by atoms with E-state index in [2.05, 4.69) is 149 Å². The van der Waals surface area contributed by atoms with Crippen LogP contribution in [-0.4, -0.2) is 16.5 Å². The van der Waals surface area contributed by atoms with E-state index in [0.717, 1.165) is 19.1 Å². The molecule has 30 heavy (non-hydrogen) atoms.